The minimum Gasteiger partial charge on any atom is -0.350 e. The van der Waals surface area contributed by atoms with Crippen molar-refractivity contribution in [1.82, 2.24) is 9.88 Å². The molecule has 90 valence electrons. The van der Waals surface area contributed by atoms with Gasteiger partial charge in [-0.3, -0.25) is 4.79 Å². The topological polar surface area (TPSA) is 34.0 Å². The average molecular weight is 230 g/mol. The van der Waals surface area contributed by atoms with Crippen LogP contribution >= 0.6 is 0 Å². The van der Waals surface area contributed by atoms with Crippen molar-refractivity contribution in [2.45, 2.75) is 13.3 Å². The third-order valence-electron chi connectivity index (χ3n) is 2.92. The SMILES string of the molecule is CC(=O)CNCCc1cn(C)c2ccccc12. The summed E-state index contributed by atoms with van der Waals surface area (Å²) in [6.07, 6.45) is 3.12. The van der Waals surface area contributed by atoms with Gasteiger partial charge in [0.15, 0.2) is 0 Å². The summed E-state index contributed by atoms with van der Waals surface area (Å²) in [6.45, 7) is 2.91. The summed E-state index contributed by atoms with van der Waals surface area (Å²) in [4.78, 5) is 10.8. The van der Waals surface area contributed by atoms with Crippen LogP contribution < -0.4 is 5.32 Å². The summed E-state index contributed by atoms with van der Waals surface area (Å²) in [6, 6.07) is 8.40. The molecule has 2 rings (SSSR count). The number of hydrogen-bond acceptors (Lipinski definition) is 2. The summed E-state index contributed by atoms with van der Waals surface area (Å²) in [5, 5.41) is 4.45. The fourth-order valence-electron chi connectivity index (χ4n) is 2.11. The molecule has 0 aliphatic rings. The molecule has 0 bridgehead atoms. The second-order valence-electron chi connectivity index (χ2n) is 4.41. The monoisotopic (exact) mass is 230 g/mol. The third-order valence-corrected chi connectivity index (χ3v) is 2.92. The maximum atomic E-state index is 10.8. The van der Waals surface area contributed by atoms with E-state index in [0.717, 1.165) is 13.0 Å². The Labute approximate surface area is 101 Å². The predicted molar refractivity (Wildman–Crippen MR) is 70.2 cm³/mol. The Morgan fingerprint density at radius 2 is 2.12 bits per heavy atom. The molecule has 0 radical (unpaired) electrons. The number of fused-ring (bicyclic) bond motifs is 1. The molecular weight excluding hydrogens is 212 g/mol. The van der Waals surface area contributed by atoms with Crippen molar-refractivity contribution < 1.29 is 4.79 Å². The fourth-order valence-corrected chi connectivity index (χ4v) is 2.11. The molecule has 3 heteroatoms. The highest BCUT2D eigenvalue weighted by atomic mass is 16.1. The molecule has 1 aromatic heterocycles. The Bertz CT molecular complexity index is 528. The minimum atomic E-state index is 0.183. The first kappa shape index (κ1) is 11.9. The van der Waals surface area contributed by atoms with Crippen LogP contribution in [0.25, 0.3) is 10.9 Å². The number of nitrogens with zero attached hydrogens (tertiary/aromatic N) is 1. The lowest BCUT2D eigenvalue weighted by atomic mass is 10.1. The number of carbonyl (C=O) groups is 1. The molecule has 0 spiro atoms. The van der Waals surface area contributed by atoms with Crippen LogP contribution in [0.5, 0.6) is 0 Å². The van der Waals surface area contributed by atoms with Gasteiger partial charge in [-0.1, -0.05) is 18.2 Å². The lowest BCUT2D eigenvalue weighted by Crippen LogP contribution is -2.23. The number of aromatic nitrogens is 1. The van der Waals surface area contributed by atoms with Gasteiger partial charge in [0.1, 0.15) is 5.78 Å². The number of ketones is 1. The van der Waals surface area contributed by atoms with E-state index >= 15 is 0 Å². The summed E-state index contributed by atoms with van der Waals surface area (Å²) < 4.78 is 2.15. The zero-order valence-corrected chi connectivity index (χ0v) is 10.4. The standard InChI is InChI=1S/C14H18N2O/c1-11(17)9-15-8-7-12-10-16(2)14-6-4-3-5-13(12)14/h3-6,10,15H,7-9H2,1-2H3. The molecule has 1 N–H and O–H groups in total. The molecule has 2 aromatic rings. The molecule has 1 aromatic carbocycles. The molecule has 1 heterocycles. The van der Waals surface area contributed by atoms with Crippen LogP contribution in [-0.4, -0.2) is 23.4 Å². The molecule has 0 fully saturated rings. The van der Waals surface area contributed by atoms with E-state index in [1.807, 2.05) is 0 Å². The summed E-state index contributed by atoms with van der Waals surface area (Å²) in [5.74, 6) is 0.183. The molecule has 3 nitrogen and oxygen atoms in total. The number of benzene rings is 1. The van der Waals surface area contributed by atoms with Gasteiger partial charge < -0.3 is 9.88 Å². The minimum absolute atomic E-state index is 0.183. The van der Waals surface area contributed by atoms with Crippen LogP contribution in [0.4, 0.5) is 0 Å². The number of para-hydroxylation sites is 1. The summed E-state index contributed by atoms with van der Waals surface area (Å²) in [7, 11) is 2.06. The molecule has 0 unspecified atom stereocenters. The molecule has 0 saturated heterocycles. The van der Waals surface area contributed by atoms with E-state index in [-0.39, 0.29) is 5.78 Å². The predicted octanol–water partition coefficient (Wildman–Crippen LogP) is 1.90. The zero-order chi connectivity index (χ0) is 12.3. The van der Waals surface area contributed by atoms with Crippen LogP contribution in [0.2, 0.25) is 0 Å². The second-order valence-corrected chi connectivity index (χ2v) is 4.41. The lowest BCUT2D eigenvalue weighted by Gasteiger charge is -2.01. The van der Waals surface area contributed by atoms with E-state index in [0.29, 0.717) is 6.54 Å². The van der Waals surface area contributed by atoms with Crippen molar-refractivity contribution in [2.24, 2.45) is 7.05 Å². The summed E-state index contributed by atoms with van der Waals surface area (Å²) in [5.41, 5.74) is 2.59. The average Bonchev–Trinajstić information content (AvgIpc) is 2.63. The largest absolute Gasteiger partial charge is 0.350 e. The van der Waals surface area contributed by atoms with Crippen molar-refractivity contribution in [2.75, 3.05) is 13.1 Å². The van der Waals surface area contributed by atoms with E-state index < -0.39 is 0 Å². The number of rotatable bonds is 5. The van der Waals surface area contributed by atoms with Gasteiger partial charge in [-0.05, 0) is 31.5 Å². The van der Waals surface area contributed by atoms with Crippen LogP contribution in [0, 0.1) is 0 Å². The van der Waals surface area contributed by atoms with Crippen LogP contribution in [0.15, 0.2) is 30.5 Å². The molecule has 17 heavy (non-hydrogen) atoms. The lowest BCUT2D eigenvalue weighted by molar-refractivity contribution is -0.116. The van der Waals surface area contributed by atoms with Crippen LogP contribution in [0.3, 0.4) is 0 Å². The smallest absolute Gasteiger partial charge is 0.143 e. The van der Waals surface area contributed by atoms with Gasteiger partial charge in [-0.2, -0.15) is 0 Å². The second kappa shape index (κ2) is 5.15. The molecular formula is C14H18N2O. The van der Waals surface area contributed by atoms with Gasteiger partial charge in [-0.15, -0.1) is 0 Å². The van der Waals surface area contributed by atoms with Gasteiger partial charge in [0.05, 0.1) is 6.54 Å². The Balaban J connectivity index is 2.06. The molecule has 0 atom stereocenters. The highest BCUT2D eigenvalue weighted by molar-refractivity contribution is 5.83. The summed E-state index contributed by atoms with van der Waals surface area (Å²) >= 11 is 0. The third kappa shape index (κ3) is 2.74. The highest BCUT2D eigenvalue weighted by Crippen LogP contribution is 2.20. The molecule has 0 amide bonds. The van der Waals surface area contributed by atoms with Crippen LogP contribution in [-0.2, 0) is 18.3 Å². The maximum Gasteiger partial charge on any atom is 0.143 e. The van der Waals surface area contributed by atoms with Gasteiger partial charge in [0.25, 0.3) is 0 Å². The van der Waals surface area contributed by atoms with Gasteiger partial charge in [0.2, 0.25) is 0 Å². The number of hydrogen-bond donors (Lipinski definition) is 1. The quantitative estimate of drug-likeness (QED) is 0.796. The Morgan fingerprint density at radius 3 is 2.88 bits per heavy atom. The number of carbonyl (C=O) groups excluding carboxylic acids is 1. The van der Waals surface area contributed by atoms with Crippen molar-refractivity contribution in [3.63, 3.8) is 0 Å². The zero-order valence-electron chi connectivity index (χ0n) is 10.4. The highest BCUT2D eigenvalue weighted by Gasteiger charge is 2.05. The first-order chi connectivity index (χ1) is 8.18. The van der Waals surface area contributed by atoms with Crippen molar-refractivity contribution in [1.29, 1.82) is 0 Å². The van der Waals surface area contributed by atoms with Gasteiger partial charge in [0, 0.05) is 24.1 Å². The Hall–Kier alpha value is -1.61. The van der Waals surface area contributed by atoms with Gasteiger partial charge in [-0.25, -0.2) is 0 Å². The van der Waals surface area contributed by atoms with Crippen LogP contribution in [0.1, 0.15) is 12.5 Å². The first-order valence-corrected chi connectivity index (χ1v) is 5.91. The van der Waals surface area contributed by atoms with E-state index in [4.69, 9.17) is 0 Å². The number of nitrogens with one attached hydrogen (secondary N) is 1. The van der Waals surface area contributed by atoms with E-state index in [1.54, 1.807) is 6.92 Å². The fraction of sp³-hybridized carbons (Fsp3) is 0.357. The maximum absolute atomic E-state index is 10.8. The Kier molecular flexibility index (Phi) is 3.59. The molecule has 0 aliphatic heterocycles. The Morgan fingerprint density at radius 1 is 1.35 bits per heavy atom. The van der Waals surface area contributed by atoms with Crippen molar-refractivity contribution in [3.05, 3.63) is 36.0 Å². The first-order valence-electron chi connectivity index (χ1n) is 5.91. The van der Waals surface area contributed by atoms with E-state index in [2.05, 4.69) is 47.4 Å². The van der Waals surface area contributed by atoms with E-state index in [1.165, 1.54) is 16.5 Å². The molecule has 0 aliphatic carbocycles. The van der Waals surface area contributed by atoms with Crippen molar-refractivity contribution in [3.8, 4) is 0 Å². The number of Topliss-reactive ketones (excluding diaryl/α,β-unsaturated/α-hetero) is 1. The number of aryl methyl sites for hydroxylation is 1. The van der Waals surface area contributed by atoms with Gasteiger partial charge >= 0.3 is 0 Å². The molecule has 0 saturated carbocycles. The van der Waals surface area contributed by atoms with Crippen molar-refractivity contribution >= 4 is 16.7 Å². The van der Waals surface area contributed by atoms with E-state index in [9.17, 15) is 4.79 Å². The normalized spacial score (nSPS) is 10.9.